The number of nitrogens with zero attached hydrogens (tertiary/aromatic N) is 1. The molecule has 1 atom stereocenters. The van der Waals surface area contributed by atoms with E-state index in [0.29, 0.717) is 32.4 Å². The zero-order chi connectivity index (χ0) is 16.0. The number of methoxy groups -OCH3 is 1. The molecule has 0 aromatic heterocycles. The summed E-state index contributed by atoms with van der Waals surface area (Å²) in [7, 11) is 1.31. The second-order valence-corrected chi connectivity index (χ2v) is 5.82. The molecule has 120 valence electrons. The minimum atomic E-state index is -0.642. The number of primary amides is 1. The molecule has 1 saturated heterocycles. The van der Waals surface area contributed by atoms with Gasteiger partial charge in [0.15, 0.2) is 0 Å². The van der Waals surface area contributed by atoms with Crippen molar-refractivity contribution in [2.24, 2.45) is 17.6 Å². The third-order valence-electron chi connectivity index (χ3n) is 3.68. The normalized spacial score (nSPS) is 17.4. The van der Waals surface area contributed by atoms with Crippen LogP contribution in [0.25, 0.3) is 0 Å². The highest BCUT2D eigenvalue weighted by Gasteiger charge is 2.29. The predicted octanol–water partition coefficient (Wildman–Crippen LogP) is 0.481. The van der Waals surface area contributed by atoms with E-state index in [0.717, 1.165) is 0 Å². The highest BCUT2D eigenvalue weighted by molar-refractivity contribution is 5.84. The number of hydrogen-bond donors (Lipinski definition) is 2. The van der Waals surface area contributed by atoms with Gasteiger partial charge in [0.25, 0.3) is 0 Å². The molecule has 1 aliphatic heterocycles. The number of urea groups is 1. The van der Waals surface area contributed by atoms with Crippen molar-refractivity contribution in [1.29, 1.82) is 0 Å². The van der Waals surface area contributed by atoms with Crippen molar-refractivity contribution in [2.75, 3.05) is 20.2 Å². The smallest absolute Gasteiger partial charge is 0.328 e. The first-order chi connectivity index (χ1) is 9.85. The first kappa shape index (κ1) is 17.3. The minimum Gasteiger partial charge on any atom is -0.467 e. The van der Waals surface area contributed by atoms with Crippen LogP contribution in [-0.2, 0) is 14.3 Å². The summed E-state index contributed by atoms with van der Waals surface area (Å²) in [5.74, 6) is -0.664. The zero-order valence-corrected chi connectivity index (χ0v) is 12.9. The van der Waals surface area contributed by atoms with Gasteiger partial charge in [-0.25, -0.2) is 9.59 Å². The number of piperidine rings is 1. The van der Waals surface area contributed by atoms with Gasteiger partial charge in [-0.3, -0.25) is 4.79 Å². The number of carbonyl (C=O) groups is 3. The lowest BCUT2D eigenvalue weighted by Crippen LogP contribution is -2.51. The van der Waals surface area contributed by atoms with Crippen LogP contribution >= 0.6 is 0 Å². The van der Waals surface area contributed by atoms with E-state index in [1.807, 2.05) is 13.8 Å². The van der Waals surface area contributed by atoms with E-state index in [9.17, 15) is 14.4 Å². The first-order valence-corrected chi connectivity index (χ1v) is 7.27. The van der Waals surface area contributed by atoms with Gasteiger partial charge < -0.3 is 20.7 Å². The summed E-state index contributed by atoms with van der Waals surface area (Å²) in [4.78, 5) is 36.6. The minimum absolute atomic E-state index is 0.166. The van der Waals surface area contributed by atoms with Gasteiger partial charge in [0.05, 0.1) is 7.11 Å². The number of nitrogens with two attached hydrogens (primary N) is 1. The molecule has 21 heavy (non-hydrogen) atoms. The maximum Gasteiger partial charge on any atom is 0.328 e. The van der Waals surface area contributed by atoms with Crippen LogP contribution in [0.4, 0.5) is 4.79 Å². The summed E-state index contributed by atoms with van der Waals surface area (Å²) < 4.78 is 4.72. The standard InChI is InChI=1S/C14H25N3O4/c1-9(2)8-11(13(19)21-3)16-14(20)17-6-4-10(5-7-17)12(15)18/h9-11H,4-8H2,1-3H3,(H2,15,18)(H,16,20). The van der Waals surface area contributed by atoms with E-state index in [4.69, 9.17) is 10.5 Å². The fraction of sp³-hybridized carbons (Fsp3) is 0.786. The molecule has 1 rings (SSSR count). The Hall–Kier alpha value is -1.79. The van der Waals surface area contributed by atoms with Gasteiger partial charge in [0.1, 0.15) is 6.04 Å². The summed E-state index contributed by atoms with van der Waals surface area (Å²) in [5, 5.41) is 2.71. The average Bonchev–Trinajstić information content (AvgIpc) is 2.45. The SMILES string of the molecule is COC(=O)C(CC(C)C)NC(=O)N1CCC(C(N)=O)CC1. The van der Waals surface area contributed by atoms with E-state index < -0.39 is 12.0 Å². The molecule has 7 nitrogen and oxygen atoms in total. The highest BCUT2D eigenvalue weighted by Crippen LogP contribution is 2.17. The topological polar surface area (TPSA) is 102 Å². The molecular weight excluding hydrogens is 274 g/mol. The fourth-order valence-electron chi connectivity index (χ4n) is 2.44. The third-order valence-corrected chi connectivity index (χ3v) is 3.68. The summed E-state index contributed by atoms with van der Waals surface area (Å²) in [6, 6.07) is -0.940. The molecule has 0 saturated carbocycles. The maximum atomic E-state index is 12.2. The van der Waals surface area contributed by atoms with Crippen molar-refractivity contribution in [2.45, 2.75) is 39.2 Å². The van der Waals surface area contributed by atoms with Crippen LogP contribution in [-0.4, -0.2) is 49.0 Å². The quantitative estimate of drug-likeness (QED) is 0.721. The highest BCUT2D eigenvalue weighted by atomic mass is 16.5. The van der Waals surface area contributed by atoms with E-state index in [-0.39, 0.29) is 23.8 Å². The van der Waals surface area contributed by atoms with Crippen molar-refractivity contribution in [3.8, 4) is 0 Å². The van der Waals surface area contributed by atoms with E-state index in [2.05, 4.69) is 5.32 Å². The predicted molar refractivity (Wildman–Crippen MR) is 77.3 cm³/mol. The maximum absolute atomic E-state index is 12.2. The Kier molecular flexibility index (Phi) is 6.45. The number of rotatable bonds is 5. The lowest BCUT2D eigenvalue weighted by molar-refractivity contribution is -0.143. The largest absolute Gasteiger partial charge is 0.467 e. The molecule has 0 aliphatic carbocycles. The third kappa shape index (κ3) is 5.24. The zero-order valence-electron chi connectivity index (χ0n) is 12.9. The van der Waals surface area contributed by atoms with Gasteiger partial charge in [-0.2, -0.15) is 0 Å². The van der Waals surface area contributed by atoms with E-state index in [1.54, 1.807) is 4.90 Å². The van der Waals surface area contributed by atoms with Crippen LogP contribution in [0.5, 0.6) is 0 Å². The van der Waals surface area contributed by atoms with Crippen LogP contribution in [0.3, 0.4) is 0 Å². The number of nitrogens with one attached hydrogen (secondary N) is 1. The number of amides is 3. The first-order valence-electron chi connectivity index (χ1n) is 7.27. The molecule has 3 N–H and O–H groups in total. The lowest BCUT2D eigenvalue weighted by atomic mass is 9.96. The number of hydrogen-bond acceptors (Lipinski definition) is 4. The summed E-state index contributed by atoms with van der Waals surface area (Å²) in [6.07, 6.45) is 1.65. The molecular formula is C14H25N3O4. The summed E-state index contributed by atoms with van der Waals surface area (Å²) in [5.41, 5.74) is 5.26. The van der Waals surface area contributed by atoms with E-state index >= 15 is 0 Å². The fourth-order valence-corrected chi connectivity index (χ4v) is 2.44. The second kappa shape index (κ2) is 7.85. The Morgan fingerprint density at radius 1 is 1.29 bits per heavy atom. The molecule has 3 amide bonds. The average molecular weight is 299 g/mol. The van der Waals surface area contributed by atoms with Crippen LogP contribution < -0.4 is 11.1 Å². The summed E-state index contributed by atoms with van der Waals surface area (Å²) >= 11 is 0. The van der Waals surface area contributed by atoms with Crippen molar-refractivity contribution >= 4 is 17.9 Å². The number of esters is 1. The van der Waals surface area contributed by atoms with Crippen LogP contribution in [0.2, 0.25) is 0 Å². The van der Waals surface area contributed by atoms with Gasteiger partial charge in [0, 0.05) is 19.0 Å². The number of ether oxygens (including phenoxy) is 1. The number of likely N-dealkylation sites (tertiary alicyclic amines) is 1. The second-order valence-electron chi connectivity index (χ2n) is 5.82. The van der Waals surface area contributed by atoms with Crippen molar-refractivity contribution in [3.05, 3.63) is 0 Å². The molecule has 0 aromatic carbocycles. The monoisotopic (exact) mass is 299 g/mol. The Morgan fingerprint density at radius 3 is 2.29 bits per heavy atom. The van der Waals surface area contributed by atoms with Gasteiger partial charge in [0.2, 0.25) is 5.91 Å². The van der Waals surface area contributed by atoms with Gasteiger partial charge in [-0.15, -0.1) is 0 Å². The molecule has 7 heteroatoms. The van der Waals surface area contributed by atoms with Gasteiger partial charge in [-0.1, -0.05) is 13.8 Å². The number of carbonyl (C=O) groups excluding carboxylic acids is 3. The Morgan fingerprint density at radius 2 is 1.86 bits per heavy atom. The van der Waals surface area contributed by atoms with Crippen molar-refractivity contribution in [3.63, 3.8) is 0 Å². The van der Waals surface area contributed by atoms with Gasteiger partial charge in [-0.05, 0) is 25.2 Å². The molecule has 1 fully saturated rings. The van der Waals surface area contributed by atoms with Crippen LogP contribution in [0, 0.1) is 11.8 Å². The van der Waals surface area contributed by atoms with E-state index in [1.165, 1.54) is 7.11 Å². The molecule has 1 aliphatic rings. The summed E-state index contributed by atoms with van der Waals surface area (Å²) in [6.45, 7) is 4.88. The van der Waals surface area contributed by atoms with Gasteiger partial charge >= 0.3 is 12.0 Å². The molecule has 1 heterocycles. The van der Waals surface area contributed by atoms with Crippen LogP contribution in [0.15, 0.2) is 0 Å². The Bertz CT molecular complexity index is 390. The Balaban J connectivity index is 2.54. The molecule has 0 radical (unpaired) electrons. The Labute approximate surface area is 125 Å². The molecule has 0 aromatic rings. The lowest BCUT2D eigenvalue weighted by Gasteiger charge is -2.31. The molecule has 1 unspecified atom stereocenters. The van der Waals surface area contributed by atoms with Crippen LogP contribution in [0.1, 0.15) is 33.1 Å². The van der Waals surface area contributed by atoms with Crippen molar-refractivity contribution in [1.82, 2.24) is 10.2 Å². The molecule has 0 spiro atoms. The molecule has 0 bridgehead atoms. The van der Waals surface area contributed by atoms with Crippen molar-refractivity contribution < 1.29 is 19.1 Å².